The molecule has 0 bridgehead atoms. The largest absolute Gasteiger partial charge is 0.465 e. The van der Waals surface area contributed by atoms with Gasteiger partial charge in [-0.1, -0.05) is 11.3 Å². The minimum absolute atomic E-state index is 0.267. The minimum atomic E-state index is -1.08. The lowest BCUT2D eigenvalue weighted by Gasteiger charge is -2.28. The average Bonchev–Trinajstić information content (AvgIpc) is 3.33. The van der Waals surface area contributed by atoms with Crippen molar-refractivity contribution >= 4 is 40.0 Å². The second-order valence-electron chi connectivity index (χ2n) is 7.46. The van der Waals surface area contributed by atoms with Crippen LogP contribution in [0.2, 0.25) is 0 Å². The fourth-order valence-electron chi connectivity index (χ4n) is 3.37. The molecule has 12 heteroatoms. The molecule has 1 saturated heterocycles. The summed E-state index contributed by atoms with van der Waals surface area (Å²) >= 11 is 1.44. The van der Waals surface area contributed by atoms with E-state index in [1.54, 1.807) is 24.7 Å². The summed E-state index contributed by atoms with van der Waals surface area (Å²) in [4.78, 5) is 39.0. The van der Waals surface area contributed by atoms with Crippen molar-refractivity contribution in [2.75, 3.05) is 49.6 Å². The number of nitrogens with one attached hydrogen (secondary N) is 3. The Bertz CT molecular complexity index is 1130. The highest BCUT2D eigenvalue weighted by Gasteiger charge is 2.13. The third-order valence-corrected chi connectivity index (χ3v) is 6.02. The number of hydrogen-bond acceptors (Lipinski definition) is 9. The number of carboxylic acid groups (broad SMARTS) is 1. The summed E-state index contributed by atoms with van der Waals surface area (Å²) in [6.07, 6.45) is 6.09. The van der Waals surface area contributed by atoms with Gasteiger partial charge in [-0.2, -0.15) is 0 Å². The first-order valence-corrected chi connectivity index (χ1v) is 11.6. The van der Waals surface area contributed by atoms with Crippen molar-refractivity contribution in [2.24, 2.45) is 0 Å². The van der Waals surface area contributed by atoms with E-state index >= 15 is 0 Å². The predicted octanol–water partition coefficient (Wildman–Crippen LogP) is 2.57. The maximum atomic E-state index is 12.4. The highest BCUT2D eigenvalue weighted by molar-refractivity contribution is 7.18. The normalized spacial score (nSPS) is 13.4. The van der Waals surface area contributed by atoms with Crippen LogP contribution in [0.25, 0.3) is 10.4 Å². The summed E-state index contributed by atoms with van der Waals surface area (Å²) in [7, 11) is 0. The monoisotopic (exact) mass is 483 g/mol. The third-order valence-electron chi connectivity index (χ3n) is 5.06. The summed E-state index contributed by atoms with van der Waals surface area (Å²) in [5.41, 5.74) is 2.28. The van der Waals surface area contributed by atoms with E-state index in [9.17, 15) is 9.59 Å². The van der Waals surface area contributed by atoms with Crippen LogP contribution in [0.15, 0.2) is 43.0 Å². The number of hydrogen-bond donors (Lipinski definition) is 4. The molecule has 4 rings (SSSR count). The fraction of sp³-hybridized carbons (Fsp3) is 0.318. The van der Waals surface area contributed by atoms with Gasteiger partial charge in [0.15, 0.2) is 5.13 Å². The highest BCUT2D eigenvalue weighted by Crippen LogP contribution is 2.31. The van der Waals surface area contributed by atoms with Gasteiger partial charge >= 0.3 is 6.09 Å². The van der Waals surface area contributed by atoms with Crippen molar-refractivity contribution in [2.45, 2.75) is 6.42 Å². The number of amides is 2. The molecule has 0 spiro atoms. The van der Waals surface area contributed by atoms with Crippen LogP contribution in [-0.2, 0) is 4.74 Å². The smallest absolute Gasteiger partial charge is 0.404 e. The number of rotatable bonds is 9. The van der Waals surface area contributed by atoms with E-state index in [0.717, 1.165) is 29.2 Å². The van der Waals surface area contributed by atoms with Gasteiger partial charge in [0.2, 0.25) is 0 Å². The zero-order valence-corrected chi connectivity index (χ0v) is 19.2. The van der Waals surface area contributed by atoms with Crippen LogP contribution in [0.4, 0.5) is 21.4 Å². The molecule has 0 unspecified atom stereocenters. The van der Waals surface area contributed by atoms with Crippen LogP contribution >= 0.6 is 11.3 Å². The first-order chi connectivity index (χ1) is 16.6. The van der Waals surface area contributed by atoms with Gasteiger partial charge in [0.1, 0.15) is 5.82 Å². The zero-order chi connectivity index (χ0) is 23.8. The van der Waals surface area contributed by atoms with Crippen molar-refractivity contribution in [3.05, 3.63) is 48.5 Å². The van der Waals surface area contributed by atoms with Gasteiger partial charge in [-0.25, -0.2) is 14.8 Å². The first kappa shape index (κ1) is 23.4. The molecule has 0 aliphatic carbocycles. The molecule has 0 aromatic carbocycles. The predicted molar refractivity (Wildman–Crippen MR) is 129 cm³/mol. The van der Waals surface area contributed by atoms with Crippen molar-refractivity contribution < 1.29 is 19.4 Å². The third kappa shape index (κ3) is 6.39. The van der Waals surface area contributed by atoms with Crippen LogP contribution in [0.5, 0.6) is 0 Å². The highest BCUT2D eigenvalue weighted by atomic mass is 32.1. The lowest BCUT2D eigenvalue weighted by Crippen LogP contribution is -2.36. The Hall–Kier alpha value is -3.77. The molecular formula is C22H25N7O4S. The molecule has 1 aliphatic rings. The van der Waals surface area contributed by atoms with E-state index in [-0.39, 0.29) is 12.5 Å². The molecule has 1 aliphatic heterocycles. The van der Waals surface area contributed by atoms with Crippen LogP contribution in [-0.4, -0.2) is 71.5 Å². The lowest BCUT2D eigenvalue weighted by molar-refractivity contribution is 0.0953. The standard InChI is InChI=1S/C22H25N7O4S/c30-20(25-3-1-4-26-22(31)32)16-10-15(12-23-13-16)18-14-27-21(34-18)28-19-11-17(2-5-24-19)29-6-8-33-9-7-29/h2,5,10-14,26H,1,3-4,6-9H2,(H,25,30)(H,31,32)(H,24,27,28). The number of aromatic nitrogens is 3. The summed E-state index contributed by atoms with van der Waals surface area (Å²) in [6.45, 7) is 3.76. The molecule has 1 fully saturated rings. The molecule has 0 atom stereocenters. The maximum absolute atomic E-state index is 12.4. The number of anilines is 3. The quantitative estimate of drug-likeness (QED) is 0.338. The SMILES string of the molecule is O=C(O)NCCCNC(=O)c1cncc(-c2cnc(Nc3cc(N4CCOCC4)ccn3)s2)c1. The first-order valence-electron chi connectivity index (χ1n) is 10.8. The topological polar surface area (TPSA) is 142 Å². The molecule has 3 aromatic heterocycles. The fourth-order valence-corrected chi connectivity index (χ4v) is 4.17. The van der Waals surface area contributed by atoms with E-state index in [4.69, 9.17) is 9.84 Å². The van der Waals surface area contributed by atoms with Crippen molar-refractivity contribution in [3.63, 3.8) is 0 Å². The Kier molecular flexibility index (Phi) is 7.83. The molecule has 0 radical (unpaired) electrons. The number of carbonyl (C=O) groups is 2. The van der Waals surface area contributed by atoms with Crippen molar-refractivity contribution in [3.8, 4) is 10.4 Å². The molecule has 0 saturated carbocycles. The molecule has 4 heterocycles. The van der Waals surface area contributed by atoms with Crippen molar-refractivity contribution in [1.29, 1.82) is 0 Å². The van der Waals surface area contributed by atoms with Gasteiger partial charge in [-0.15, -0.1) is 0 Å². The number of pyridine rings is 2. The van der Waals surface area contributed by atoms with E-state index in [1.165, 1.54) is 17.5 Å². The van der Waals surface area contributed by atoms with E-state index in [0.29, 0.717) is 42.7 Å². The molecule has 34 heavy (non-hydrogen) atoms. The molecule has 4 N–H and O–H groups in total. The Labute approximate surface area is 200 Å². The second kappa shape index (κ2) is 11.4. The summed E-state index contributed by atoms with van der Waals surface area (Å²) in [6, 6.07) is 5.73. The maximum Gasteiger partial charge on any atom is 0.404 e. The second-order valence-corrected chi connectivity index (χ2v) is 8.49. The molecule has 2 amide bonds. The van der Waals surface area contributed by atoms with Crippen molar-refractivity contribution in [1.82, 2.24) is 25.6 Å². The lowest BCUT2D eigenvalue weighted by atomic mass is 10.2. The Morgan fingerprint density at radius 2 is 1.91 bits per heavy atom. The Balaban J connectivity index is 1.37. The van der Waals surface area contributed by atoms with Gasteiger partial charge < -0.3 is 30.7 Å². The van der Waals surface area contributed by atoms with E-state index < -0.39 is 6.09 Å². The molecular weight excluding hydrogens is 458 g/mol. The molecule has 178 valence electrons. The van der Waals surface area contributed by atoms with E-state index in [1.807, 2.05) is 12.1 Å². The van der Waals surface area contributed by atoms with Crippen LogP contribution in [0.1, 0.15) is 16.8 Å². The Morgan fingerprint density at radius 3 is 2.74 bits per heavy atom. The molecule has 3 aromatic rings. The average molecular weight is 484 g/mol. The summed E-state index contributed by atoms with van der Waals surface area (Å²) in [5.74, 6) is 0.435. The van der Waals surface area contributed by atoms with E-state index in [2.05, 4.69) is 35.8 Å². The van der Waals surface area contributed by atoms with Gasteiger partial charge in [-0.3, -0.25) is 9.78 Å². The number of ether oxygens (including phenoxy) is 1. The van der Waals surface area contributed by atoms with Gasteiger partial charge in [0, 0.05) is 68.3 Å². The van der Waals surface area contributed by atoms with Crippen LogP contribution < -0.4 is 20.9 Å². The minimum Gasteiger partial charge on any atom is -0.465 e. The zero-order valence-electron chi connectivity index (χ0n) is 18.4. The van der Waals surface area contributed by atoms with Crippen LogP contribution in [0.3, 0.4) is 0 Å². The Morgan fingerprint density at radius 1 is 1.09 bits per heavy atom. The van der Waals surface area contributed by atoms with Crippen LogP contribution in [0, 0.1) is 0 Å². The molecule has 11 nitrogen and oxygen atoms in total. The number of nitrogens with zero attached hydrogens (tertiary/aromatic N) is 4. The van der Waals surface area contributed by atoms with Gasteiger partial charge in [0.25, 0.3) is 5.91 Å². The van der Waals surface area contributed by atoms with Gasteiger partial charge in [0.05, 0.1) is 23.7 Å². The summed E-state index contributed by atoms with van der Waals surface area (Å²) in [5, 5.41) is 17.5. The number of thiazole rings is 1. The number of morpholine rings is 1. The van der Waals surface area contributed by atoms with Gasteiger partial charge in [-0.05, 0) is 18.6 Å². The number of carbonyl (C=O) groups excluding carboxylic acids is 1. The summed E-state index contributed by atoms with van der Waals surface area (Å²) < 4.78 is 5.42.